The van der Waals surface area contributed by atoms with Crippen LogP contribution in [0.15, 0.2) is 0 Å². The van der Waals surface area contributed by atoms with Crippen molar-refractivity contribution in [3.05, 3.63) is 0 Å². The number of hydrogen-bond donors (Lipinski definition) is 3. The van der Waals surface area contributed by atoms with Gasteiger partial charge in [-0.2, -0.15) is 0 Å². The number of rotatable bonds is 9. The van der Waals surface area contributed by atoms with Crippen LogP contribution >= 0.6 is 0 Å². The Morgan fingerprint density at radius 2 is 1.88 bits per heavy atom. The van der Waals surface area contributed by atoms with E-state index in [-0.39, 0.29) is 25.2 Å². The Morgan fingerprint density at radius 3 is 2.47 bits per heavy atom. The van der Waals surface area contributed by atoms with E-state index in [0.717, 1.165) is 0 Å². The van der Waals surface area contributed by atoms with Crippen molar-refractivity contribution in [1.82, 2.24) is 10.6 Å². The highest BCUT2D eigenvalue weighted by molar-refractivity contribution is 5.85. The van der Waals surface area contributed by atoms with E-state index in [0.29, 0.717) is 19.6 Å². The molecule has 3 N–H and O–H groups in total. The van der Waals surface area contributed by atoms with Gasteiger partial charge >= 0.3 is 12.0 Å². The van der Waals surface area contributed by atoms with Crippen molar-refractivity contribution in [2.24, 2.45) is 0 Å². The minimum absolute atomic E-state index is 0.0359. The third-order valence-corrected chi connectivity index (χ3v) is 1.88. The molecule has 7 nitrogen and oxygen atoms in total. The first kappa shape index (κ1) is 15.4. The number of Topliss-reactive ketones (excluding diaryl/α,β-unsaturated/α-hetero) is 1. The van der Waals surface area contributed by atoms with Crippen molar-refractivity contribution in [2.45, 2.75) is 19.3 Å². The second-order valence-electron chi connectivity index (χ2n) is 3.39. The quantitative estimate of drug-likeness (QED) is 0.487. The van der Waals surface area contributed by atoms with Gasteiger partial charge in [-0.05, 0) is 6.42 Å². The Balaban J connectivity index is 3.48. The zero-order valence-corrected chi connectivity index (χ0v) is 9.82. The lowest BCUT2D eigenvalue weighted by Gasteiger charge is -2.06. The van der Waals surface area contributed by atoms with Gasteiger partial charge in [0.15, 0.2) is 5.78 Å². The number of carboxylic acids is 1. The topological polar surface area (TPSA) is 105 Å². The van der Waals surface area contributed by atoms with E-state index in [1.54, 1.807) is 0 Å². The minimum Gasteiger partial charge on any atom is -0.481 e. The molecule has 0 aliphatic rings. The van der Waals surface area contributed by atoms with Gasteiger partial charge in [-0.3, -0.25) is 9.59 Å². The Labute approximate surface area is 99.5 Å². The maximum absolute atomic E-state index is 11.2. The third kappa shape index (κ3) is 10.6. The Morgan fingerprint density at radius 1 is 1.18 bits per heavy atom. The molecule has 0 radical (unpaired) electrons. The molecule has 0 rings (SSSR count). The molecular formula is C10H18N2O5. The number of urea groups is 1. The largest absolute Gasteiger partial charge is 0.481 e. The number of ether oxygens (including phenoxy) is 1. The van der Waals surface area contributed by atoms with Crippen molar-refractivity contribution in [2.75, 3.05) is 26.8 Å². The fraction of sp³-hybridized carbons (Fsp3) is 0.700. The predicted octanol–water partition coefficient (Wildman–Crippen LogP) is -0.244. The molecule has 0 heterocycles. The third-order valence-electron chi connectivity index (χ3n) is 1.88. The van der Waals surface area contributed by atoms with E-state index in [4.69, 9.17) is 9.84 Å². The number of hydrogen-bond acceptors (Lipinski definition) is 4. The number of methoxy groups -OCH3 is 1. The molecular weight excluding hydrogens is 228 g/mol. The first-order valence-corrected chi connectivity index (χ1v) is 5.30. The molecule has 0 aliphatic carbocycles. The molecule has 98 valence electrons. The van der Waals surface area contributed by atoms with Gasteiger partial charge in [0.25, 0.3) is 0 Å². The summed E-state index contributed by atoms with van der Waals surface area (Å²) >= 11 is 0. The van der Waals surface area contributed by atoms with Gasteiger partial charge in [-0.1, -0.05) is 0 Å². The summed E-state index contributed by atoms with van der Waals surface area (Å²) in [7, 11) is 1.52. The van der Waals surface area contributed by atoms with Crippen LogP contribution in [0.1, 0.15) is 19.3 Å². The average Bonchev–Trinajstić information content (AvgIpc) is 2.26. The molecule has 0 spiro atoms. The van der Waals surface area contributed by atoms with Crippen LogP contribution in [0.25, 0.3) is 0 Å². The van der Waals surface area contributed by atoms with Crippen LogP contribution in [-0.2, 0) is 14.3 Å². The summed E-state index contributed by atoms with van der Waals surface area (Å²) in [5, 5.41) is 13.2. The van der Waals surface area contributed by atoms with E-state index in [9.17, 15) is 14.4 Å². The Hall–Kier alpha value is -1.63. The highest BCUT2D eigenvalue weighted by Gasteiger charge is 2.06. The lowest BCUT2D eigenvalue weighted by Crippen LogP contribution is -2.39. The van der Waals surface area contributed by atoms with Crippen LogP contribution in [0.3, 0.4) is 0 Å². The van der Waals surface area contributed by atoms with Crippen molar-refractivity contribution in [1.29, 1.82) is 0 Å². The van der Waals surface area contributed by atoms with Gasteiger partial charge in [0, 0.05) is 26.5 Å². The van der Waals surface area contributed by atoms with E-state index < -0.39 is 12.0 Å². The number of ketones is 1. The Kier molecular flexibility index (Phi) is 8.67. The van der Waals surface area contributed by atoms with Gasteiger partial charge in [0.1, 0.15) is 0 Å². The number of carboxylic acid groups (broad SMARTS) is 1. The fourth-order valence-electron chi connectivity index (χ4n) is 1.03. The molecule has 0 aromatic heterocycles. The van der Waals surface area contributed by atoms with Gasteiger partial charge < -0.3 is 20.5 Å². The van der Waals surface area contributed by atoms with Crippen molar-refractivity contribution < 1.29 is 24.2 Å². The zero-order valence-electron chi connectivity index (χ0n) is 9.82. The molecule has 0 bridgehead atoms. The number of carbonyl (C=O) groups is 3. The summed E-state index contributed by atoms with van der Waals surface area (Å²) in [6.45, 7) is 0.688. The van der Waals surface area contributed by atoms with Crippen LogP contribution in [0.5, 0.6) is 0 Å². The normalized spacial score (nSPS) is 9.71. The van der Waals surface area contributed by atoms with Crippen LogP contribution in [0.2, 0.25) is 0 Å². The van der Waals surface area contributed by atoms with Crippen LogP contribution in [0.4, 0.5) is 4.79 Å². The Bertz CT molecular complexity index is 267. The van der Waals surface area contributed by atoms with Crippen LogP contribution < -0.4 is 10.6 Å². The molecule has 0 atom stereocenters. The molecule has 0 aromatic carbocycles. The lowest BCUT2D eigenvalue weighted by atomic mass is 10.2. The first-order chi connectivity index (χ1) is 8.06. The maximum atomic E-state index is 11.2. The van der Waals surface area contributed by atoms with E-state index in [1.165, 1.54) is 7.11 Å². The summed E-state index contributed by atoms with van der Waals surface area (Å²) in [5.41, 5.74) is 0. The molecule has 0 saturated carbocycles. The highest BCUT2D eigenvalue weighted by Crippen LogP contribution is 1.95. The molecule has 17 heavy (non-hydrogen) atoms. The van der Waals surface area contributed by atoms with Gasteiger partial charge in [0.05, 0.1) is 13.2 Å². The van der Waals surface area contributed by atoms with Gasteiger partial charge in [0.2, 0.25) is 0 Å². The summed E-state index contributed by atoms with van der Waals surface area (Å²) < 4.78 is 4.73. The van der Waals surface area contributed by atoms with E-state index in [1.807, 2.05) is 0 Å². The summed E-state index contributed by atoms with van der Waals surface area (Å²) in [6.07, 6.45) is 0.414. The number of nitrogens with one attached hydrogen (secondary N) is 2. The summed E-state index contributed by atoms with van der Waals surface area (Å²) in [6, 6.07) is -0.436. The van der Waals surface area contributed by atoms with Crippen molar-refractivity contribution in [3.63, 3.8) is 0 Å². The second kappa shape index (κ2) is 9.59. The average molecular weight is 246 g/mol. The molecule has 7 heteroatoms. The van der Waals surface area contributed by atoms with Gasteiger partial charge in [-0.15, -0.1) is 0 Å². The molecule has 0 aliphatic heterocycles. The van der Waals surface area contributed by atoms with Crippen molar-refractivity contribution >= 4 is 17.8 Å². The number of carbonyl (C=O) groups excluding carboxylic acids is 2. The van der Waals surface area contributed by atoms with E-state index in [2.05, 4.69) is 10.6 Å². The summed E-state index contributed by atoms with van der Waals surface area (Å²) in [5.74, 6) is -1.11. The monoisotopic (exact) mass is 246 g/mol. The minimum atomic E-state index is -0.928. The number of aliphatic carboxylic acids is 1. The molecule has 0 saturated heterocycles. The highest BCUT2D eigenvalue weighted by atomic mass is 16.5. The second-order valence-corrected chi connectivity index (χ2v) is 3.39. The van der Waals surface area contributed by atoms with Gasteiger partial charge in [-0.25, -0.2) is 4.79 Å². The molecule has 2 amide bonds. The van der Waals surface area contributed by atoms with Crippen LogP contribution in [0, 0.1) is 0 Å². The van der Waals surface area contributed by atoms with Crippen LogP contribution in [-0.4, -0.2) is 49.7 Å². The first-order valence-electron chi connectivity index (χ1n) is 5.30. The molecule has 0 unspecified atom stereocenters. The lowest BCUT2D eigenvalue weighted by molar-refractivity contribution is -0.137. The number of amides is 2. The molecule has 0 fully saturated rings. The van der Waals surface area contributed by atoms with Crippen molar-refractivity contribution in [3.8, 4) is 0 Å². The zero-order chi connectivity index (χ0) is 13.1. The SMILES string of the molecule is COCCNC(=O)NCC(=O)CCCC(=O)O. The standard InChI is InChI=1S/C10H18N2O5/c1-17-6-5-11-10(16)12-7-8(13)3-2-4-9(14)15/h2-7H2,1H3,(H,14,15)(H2,11,12,16). The van der Waals surface area contributed by atoms with E-state index >= 15 is 0 Å². The summed E-state index contributed by atoms with van der Waals surface area (Å²) in [4.78, 5) is 32.5. The smallest absolute Gasteiger partial charge is 0.315 e. The molecule has 0 aromatic rings. The maximum Gasteiger partial charge on any atom is 0.315 e. The fourth-order valence-corrected chi connectivity index (χ4v) is 1.03. The predicted molar refractivity (Wildman–Crippen MR) is 59.8 cm³/mol.